The van der Waals surface area contributed by atoms with Crippen LogP contribution in [-0.4, -0.2) is 61.7 Å². The second-order valence-corrected chi connectivity index (χ2v) is 3.09. The minimum absolute atomic E-state index is 0. The van der Waals surface area contributed by atoms with Gasteiger partial charge in [-0.15, -0.1) is 0 Å². The Morgan fingerprint density at radius 1 is 0.857 bits per heavy atom. The average Bonchev–Trinajstić information content (AvgIpc) is 2.52. The van der Waals surface area contributed by atoms with Gasteiger partial charge < -0.3 is 41.3 Å². The van der Waals surface area contributed by atoms with Crippen LogP contribution in [0.15, 0.2) is 4.99 Å². The zero-order chi connectivity index (χ0) is 21.0. The Labute approximate surface area is 206 Å². The Kier molecular flexibility index (Phi) is 35.5. The molecule has 0 rings (SSSR count). The topological polar surface area (TPSA) is 267 Å². The normalized spacial score (nSPS) is 7.04. The zero-order valence-corrected chi connectivity index (χ0v) is 19.3. The van der Waals surface area contributed by atoms with E-state index in [4.69, 9.17) is 31.9 Å². The molecule has 16 nitrogen and oxygen atoms in total. The Balaban J connectivity index is -0.000000194. The van der Waals surface area contributed by atoms with E-state index in [0.717, 1.165) is 6.08 Å². The van der Waals surface area contributed by atoms with E-state index >= 15 is 0 Å². The summed E-state index contributed by atoms with van der Waals surface area (Å²) < 4.78 is 8.41. The van der Waals surface area contributed by atoms with E-state index < -0.39 is 43.5 Å². The number of carbonyl (C=O) groups excluding carboxylic acids is 7. The molecule has 0 aromatic heterocycles. The SMILES string of the molecule is [N-]=C=O.[N-]=C=O.[NH-]C(=O)COC(=O)NC(N=C=O)NC(=O)OCC([NH-])=O.[Y].[Y]. The first-order chi connectivity index (χ1) is 12.2. The third-order valence-electron chi connectivity index (χ3n) is 1.36. The molecule has 0 spiro atoms. The fourth-order valence-corrected chi connectivity index (χ4v) is 0.722. The summed E-state index contributed by atoms with van der Waals surface area (Å²) >= 11 is 0. The number of isocyanates is 3. The van der Waals surface area contributed by atoms with Crippen LogP contribution in [-0.2, 0) is 98.9 Å². The molecule has 0 aliphatic carbocycles. The number of carbonyl (C=O) groups is 4. The number of aliphatic imine (C=N–C) groups is 1. The maximum absolute atomic E-state index is 11.0. The molecule has 0 aromatic carbocycles. The van der Waals surface area contributed by atoms with Gasteiger partial charge in [0.05, 0.1) is 11.8 Å². The maximum Gasteiger partial charge on any atom is 0.410 e. The predicted molar refractivity (Wildman–Crippen MR) is 77.6 cm³/mol. The number of alkyl carbamates (subject to hydrolysis) is 2. The van der Waals surface area contributed by atoms with E-state index in [9.17, 15) is 24.0 Å². The molecule has 0 aromatic rings. The fraction of sp³-hybridized carbons (Fsp3) is 0.300. The van der Waals surface area contributed by atoms with Crippen LogP contribution in [0.25, 0.3) is 22.3 Å². The van der Waals surface area contributed by atoms with Gasteiger partial charge in [-0.05, 0) is 12.2 Å². The van der Waals surface area contributed by atoms with Gasteiger partial charge in [-0.25, -0.2) is 14.4 Å². The van der Waals surface area contributed by atoms with Crippen LogP contribution >= 0.6 is 0 Å². The van der Waals surface area contributed by atoms with E-state index in [1.54, 1.807) is 0 Å². The summed E-state index contributed by atoms with van der Waals surface area (Å²) in [5.41, 5.74) is 12.9. The Morgan fingerprint density at radius 2 is 1.14 bits per heavy atom. The number of ether oxygens (including phenoxy) is 2. The molecule has 4 N–H and O–H groups in total. The van der Waals surface area contributed by atoms with Gasteiger partial charge in [-0.3, -0.25) is 20.2 Å². The Morgan fingerprint density at radius 3 is 1.36 bits per heavy atom. The molecule has 0 atom stereocenters. The molecule has 4 amide bonds. The summed E-state index contributed by atoms with van der Waals surface area (Å²) in [6.45, 7) is -1.66. The van der Waals surface area contributed by atoms with Crippen molar-refractivity contribution in [3.8, 4) is 0 Å². The standard InChI is InChI=1S/C8H11N5O7.2CNO.2Y/c9-4(15)1-19-7(17)12-6(11-3-14)13-8(18)20-2-5(10)16;2*2-1-3;;/h6H,1-2H2,(H6,9,10,12,13,15,16,17,18);;;;/q;2*-1;;/p-2. The molecular formula is C10H9N7O9Y2-4. The van der Waals surface area contributed by atoms with Crippen LogP contribution in [0.5, 0.6) is 0 Å². The van der Waals surface area contributed by atoms with Gasteiger partial charge in [0.2, 0.25) is 12.4 Å². The van der Waals surface area contributed by atoms with Gasteiger partial charge in [0.25, 0.3) is 0 Å². The van der Waals surface area contributed by atoms with Crippen molar-refractivity contribution in [2.24, 2.45) is 4.99 Å². The summed E-state index contributed by atoms with van der Waals surface area (Å²) in [7, 11) is 0. The van der Waals surface area contributed by atoms with Gasteiger partial charge >= 0.3 is 12.2 Å². The number of nitrogens with zero attached hydrogens (tertiary/aromatic N) is 3. The zero-order valence-electron chi connectivity index (χ0n) is 13.7. The molecule has 0 aliphatic heterocycles. The number of rotatable bonds is 7. The molecule has 18 heteroatoms. The third-order valence-corrected chi connectivity index (χ3v) is 1.36. The Hall–Kier alpha value is -2.17. The molecule has 0 heterocycles. The van der Waals surface area contributed by atoms with Crippen LogP contribution < -0.4 is 10.6 Å². The van der Waals surface area contributed by atoms with Crippen LogP contribution in [0, 0.1) is 0 Å². The van der Waals surface area contributed by atoms with Crippen LogP contribution in [0.3, 0.4) is 0 Å². The van der Waals surface area contributed by atoms with Crippen molar-refractivity contribution < 1.29 is 108 Å². The van der Waals surface area contributed by atoms with Gasteiger partial charge in [0.1, 0.15) is 13.2 Å². The Bertz CT molecular complexity index is 568. The number of hydrogen-bond donors (Lipinski definition) is 2. The number of hydrogen-bond acceptors (Lipinski definition) is 10. The minimum atomic E-state index is -1.62. The van der Waals surface area contributed by atoms with Crippen molar-refractivity contribution in [1.29, 1.82) is 0 Å². The number of amides is 4. The molecule has 148 valence electrons. The second kappa shape index (κ2) is 27.1. The quantitative estimate of drug-likeness (QED) is 0.224. The van der Waals surface area contributed by atoms with Crippen molar-refractivity contribution in [3.05, 3.63) is 22.3 Å². The summed E-state index contributed by atoms with van der Waals surface area (Å²) in [5, 5.41) is 17.2. The van der Waals surface area contributed by atoms with E-state index in [0.29, 0.717) is 12.2 Å². The van der Waals surface area contributed by atoms with Crippen molar-refractivity contribution >= 4 is 42.2 Å². The van der Waals surface area contributed by atoms with Crippen LogP contribution in [0.2, 0.25) is 0 Å². The van der Waals surface area contributed by atoms with E-state index in [2.05, 4.69) is 14.5 Å². The first-order valence-corrected chi connectivity index (χ1v) is 5.63. The summed E-state index contributed by atoms with van der Waals surface area (Å²) in [6, 6.07) is 0. The first kappa shape index (κ1) is 36.7. The monoisotopic (exact) mass is 549 g/mol. The molecule has 28 heavy (non-hydrogen) atoms. The molecule has 0 saturated heterocycles. The molecule has 0 bridgehead atoms. The van der Waals surface area contributed by atoms with Crippen molar-refractivity contribution in [2.45, 2.75) is 6.29 Å². The summed E-state index contributed by atoms with van der Waals surface area (Å²) in [5.74, 6) is -2.34. The molecule has 0 unspecified atom stereocenters. The minimum Gasteiger partial charge on any atom is -0.724 e. The van der Waals surface area contributed by atoms with Gasteiger partial charge in [-0.1, -0.05) is 0 Å². The van der Waals surface area contributed by atoms with Crippen molar-refractivity contribution in [3.63, 3.8) is 0 Å². The molecule has 0 fully saturated rings. The summed E-state index contributed by atoms with van der Waals surface area (Å²) in [4.78, 5) is 72.0. The predicted octanol–water partition coefficient (Wildman–Crippen LogP) is -1.01. The van der Waals surface area contributed by atoms with Gasteiger partial charge in [-0.2, -0.15) is 4.99 Å². The fourth-order valence-electron chi connectivity index (χ4n) is 0.722. The smallest absolute Gasteiger partial charge is 0.410 e. The van der Waals surface area contributed by atoms with Crippen LogP contribution in [0.4, 0.5) is 9.59 Å². The molecule has 0 aliphatic rings. The van der Waals surface area contributed by atoms with E-state index in [1.807, 2.05) is 10.6 Å². The van der Waals surface area contributed by atoms with Crippen LogP contribution in [0.1, 0.15) is 0 Å². The third kappa shape index (κ3) is 35.0. The van der Waals surface area contributed by atoms with E-state index in [-0.39, 0.29) is 65.4 Å². The first-order valence-electron chi connectivity index (χ1n) is 5.63. The number of nitrogens with one attached hydrogen (secondary N) is 4. The van der Waals surface area contributed by atoms with Gasteiger partial charge in [0, 0.05) is 65.4 Å². The van der Waals surface area contributed by atoms with Gasteiger partial charge in [0.15, 0.2) is 0 Å². The van der Waals surface area contributed by atoms with E-state index in [1.165, 1.54) is 0 Å². The summed E-state index contributed by atoms with van der Waals surface area (Å²) in [6.07, 6.45) is -2.07. The molecule has 2 radical (unpaired) electrons. The average molecular weight is 549 g/mol. The molecular weight excluding hydrogens is 540 g/mol. The van der Waals surface area contributed by atoms with Crippen molar-refractivity contribution in [2.75, 3.05) is 13.2 Å². The maximum atomic E-state index is 11.0. The molecule has 0 saturated carbocycles. The second-order valence-electron chi connectivity index (χ2n) is 3.09. The largest absolute Gasteiger partial charge is 0.724 e. The van der Waals surface area contributed by atoms with Crippen molar-refractivity contribution in [1.82, 2.24) is 10.6 Å².